The first-order valence-corrected chi connectivity index (χ1v) is 9.56. The molecule has 23 heavy (non-hydrogen) atoms. The monoisotopic (exact) mass is 394 g/mol. The van der Waals surface area contributed by atoms with Gasteiger partial charge < -0.3 is 5.32 Å². The maximum Gasteiger partial charge on any atom is 0.234 e. The van der Waals surface area contributed by atoms with Crippen LogP contribution in [0.15, 0.2) is 33.9 Å². The summed E-state index contributed by atoms with van der Waals surface area (Å²) in [5.74, 6) is 1.92. The second kappa shape index (κ2) is 7.97. The van der Waals surface area contributed by atoms with E-state index in [0.717, 1.165) is 28.3 Å². The third-order valence-electron chi connectivity index (χ3n) is 3.93. The van der Waals surface area contributed by atoms with Gasteiger partial charge in [-0.25, -0.2) is 4.98 Å². The summed E-state index contributed by atoms with van der Waals surface area (Å²) in [6.45, 7) is 0. The molecule has 1 heterocycles. The minimum absolute atomic E-state index is 0.0561. The van der Waals surface area contributed by atoms with Crippen molar-refractivity contribution in [1.82, 2.24) is 15.2 Å². The highest BCUT2D eigenvalue weighted by atomic mass is 79.9. The third-order valence-corrected chi connectivity index (χ3v) is 5.30. The summed E-state index contributed by atoms with van der Waals surface area (Å²) in [6, 6.07) is 7.51. The molecule has 2 N–H and O–H groups in total. The summed E-state index contributed by atoms with van der Waals surface area (Å²) >= 11 is 4.72. The standard InChI is InChI=1S/C16H19BrN4OS/c17-12-5-7-13(8-6-12)18-15(22)10-23-16-19-14(20-21-16)9-11-3-1-2-4-11/h5-8,11H,1-4,9-10H2,(H,18,22)(H,19,20,21). The van der Waals surface area contributed by atoms with Crippen LogP contribution in [-0.4, -0.2) is 26.8 Å². The average Bonchev–Trinajstić information content (AvgIpc) is 3.20. The Morgan fingerprint density at radius 1 is 1.30 bits per heavy atom. The molecule has 1 saturated carbocycles. The molecule has 122 valence electrons. The van der Waals surface area contributed by atoms with Crippen LogP contribution in [0, 0.1) is 5.92 Å². The lowest BCUT2D eigenvalue weighted by Crippen LogP contribution is -2.14. The van der Waals surface area contributed by atoms with Crippen LogP contribution < -0.4 is 5.32 Å². The highest BCUT2D eigenvalue weighted by molar-refractivity contribution is 9.10. The van der Waals surface area contributed by atoms with E-state index in [1.807, 2.05) is 24.3 Å². The van der Waals surface area contributed by atoms with Gasteiger partial charge in [-0.05, 0) is 30.2 Å². The lowest BCUT2D eigenvalue weighted by molar-refractivity contribution is -0.113. The minimum Gasteiger partial charge on any atom is -0.325 e. The van der Waals surface area contributed by atoms with Gasteiger partial charge in [0.05, 0.1) is 5.75 Å². The number of hydrogen-bond donors (Lipinski definition) is 2. The fourth-order valence-corrected chi connectivity index (χ4v) is 3.66. The fourth-order valence-electron chi connectivity index (χ4n) is 2.78. The number of amides is 1. The summed E-state index contributed by atoms with van der Waals surface area (Å²) in [5, 5.41) is 10.7. The molecular formula is C16H19BrN4OS. The number of aromatic amines is 1. The van der Waals surface area contributed by atoms with E-state index >= 15 is 0 Å². The van der Waals surface area contributed by atoms with E-state index in [-0.39, 0.29) is 5.91 Å². The molecule has 0 spiro atoms. The predicted molar refractivity (Wildman–Crippen MR) is 95.5 cm³/mol. The lowest BCUT2D eigenvalue weighted by atomic mass is 10.0. The number of benzene rings is 1. The molecule has 0 aliphatic heterocycles. The maximum atomic E-state index is 11.9. The first-order valence-electron chi connectivity index (χ1n) is 7.78. The van der Waals surface area contributed by atoms with Gasteiger partial charge in [-0.15, -0.1) is 5.10 Å². The Labute approximate surface area is 148 Å². The Kier molecular flexibility index (Phi) is 5.72. The van der Waals surface area contributed by atoms with Gasteiger partial charge >= 0.3 is 0 Å². The summed E-state index contributed by atoms with van der Waals surface area (Å²) in [6.07, 6.45) is 6.21. The fraction of sp³-hybridized carbons (Fsp3) is 0.438. The zero-order valence-electron chi connectivity index (χ0n) is 12.7. The van der Waals surface area contributed by atoms with Crippen LogP contribution in [0.4, 0.5) is 5.69 Å². The molecule has 5 nitrogen and oxygen atoms in total. The number of halogens is 1. The Balaban J connectivity index is 1.45. The van der Waals surface area contributed by atoms with Crippen LogP contribution >= 0.6 is 27.7 Å². The average molecular weight is 395 g/mol. The van der Waals surface area contributed by atoms with Crippen molar-refractivity contribution in [3.63, 3.8) is 0 Å². The highest BCUT2D eigenvalue weighted by Gasteiger charge is 2.17. The molecule has 0 radical (unpaired) electrons. The van der Waals surface area contributed by atoms with Gasteiger partial charge in [0.15, 0.2) is 0 Å². The topological polar surface area (TPSA) is 70.7 Å². The summed E-state index contributed by atoms with van der Waals surface area (Å²) in [7, 11) is 0. The minimum atomic E-state index is -0.0561. The Morgan fingerprint density at radius 3 is 2.78 bits per heavy atom. The number of hydrogen-bond acceptors (Lipinski definition) is 4. The Morgan fingerprint density at radius 2 is 2.04 bits per heavy atom. The quantitative estimate of drug-likeness (QED) is 0.725. The normalized spacial score (nSPS) is 15.0. The first-order chi connectivity index (χ1) is 11.2. The van der Waals surface area contributed by atoms with Crippen LogP contribution in [0.3, 0.4) is 0 Å². The van der Waals surface area contributed by atoms with Crippen molar-refractivity contribution in [2.45, 2.75) is 37.3 Å². The molecule has 1 amide bonds. The van der Waals surface area contributed by atoms with Crippen LogP contribution in [0.1, 0.15) is 31.5 Å². The largest absolute Gasteiger partial charge is 0.325 e. The van der Waals surface area contributed by atoms with E-state index in [1.54, 1.807) is 0 Å². The number of aromatic nitrogens is 3. The van der Waals surface area contributed by atoms with Crippen molar-refractivity contribution >= 4 is 39.3 Å². The second-order valence-corrected chi connectivity index (χ2v) is 7.62. The number of anilines is 1. The molecule has 0 atom stereocenters. The van der Waals surface area contributed by atoms with Crippen molar-refractivity contribution in [2.24, 2.45) is 5.92 Å². The molecule has 2 aromatic rings. The number of carbonyl (C=O) groups is 1. The van der Waals surface area contributed by atoms with Crippen molar-refractivity contribution in [3.05, 3.63) is 34.6 Å². The number of rotatable bonds is 6. The number of thioether (sulfide) groups is 1. The van der Waals surface area contributed by atoms with Gasteiger partial charge in [-0.1, -0.05) is 53.4 Å². The molecule has 1 aromatic heterocycles. The molecule has 0 saturated heterocycles. The van der Waals surface area contributed by atoms with Crippen molar-refractivity contribution < 1.29 is 4.79 Å². The molecule has 0 bridgehead atoms. The van der Waals surface area contributed by atoms with Gasteiger partial charge in [-0.3, -0.25) is 9.89 Å². The Hall–Kier alpha value is -1.34. The van der Waals surface area contributed by atoms with Gasteiger partial charge in [0, 0.05) is 16.6 Å². The van der Waals surface area contributed by atoms with Crippen molar-refractivity contribution in [1.29, 1.82) is 0 Å². The zero-order valence-corrected chi connectivity index (χ0v) is 15.1. The highest BCUT2D eigenvalue weighted by Crippen LogP contribution is 2.27. The predicted octanol–water partition coefficient (Wildman–Crippen LogP) is 4.03. The Bertz CT molecular complexity index is 652. The lowest BCUT2D eigenvalue weighted by Gasteiger charge is -2.04. The van der Waals surface area contributed by atoms with E-state index in [1.165, 1.54) is 37.4 Å². The second-order valence-electron chi connectivity index (χ2n) is 5.76. The number of carbonyl (C=O) groups excluding carboxylic acids is 1. The molecule has 1 aliphatic rings. The van der Waals surface area contributed by atoms with Crippen LogP contribution in [-0.2, 0) is 11.2 Å². The smallest absolute Gasteiger partial charge is 0.234 e. The van der Waals surface area contributed by atoms with E-state index in [0.29, 0.717) is 10.9 Å². The van der Waals surface area contributed by atoms with E-state index in [9.17, 15) is 4.79 Å². The van der Waals surface area contributed by atoms with Crippen LogP contribution in [0.25, 0.3) is 0 Å². The van der Waals surface area contributed by atoms with Crippen LogP contribution in [0.2, 0.25) is 0 Å². The van der Waals surface area contributed by atoms with Gasteiger partial charge in [0.1, 0.15) is 5.82 Å². The molecule has 7 heteroatoms. The molecule has 0 unspecified atom stereocenters. The molecule has 1 fully saturated rings. The zero-order chi connectivity index (χ0) is 16.1. The summed E-state index contributed by atoms with van der Waals surface area (Å²) in [4.78, 5) is 16.4. The van der Waals surface area contributed by atoms with Crippen LogP contribution in [0.5, 0.6) is 0 Å². The number of H-pyrrole nitrogens is 1. The summed E-state index contributed by atoms with van der Waals surface area (Å²) < 4.78 is 0.986. The van der Waals surface area contributed by atoms with E-state index in [4.69, 9.17) is 0 Å². The number of nitrogens with one attached hydrogen (secondary N) is 2. The molecule has 1 aromatic carbocycles. The van der Waals surface area contributed by atoms with E-state index in [2.05, 4.69) is 36.4 Å². The van der Waals surface area contributed by atoms with Crippen molar-refractivity contribution in [3.8, 4) is 0 Å². The van der Waals surface area contributed by atoms with Gasteiger partial charge in [0.2, 0.25) is 11.1 Å². The molecule has 1 aliphatic carbocycles. The van der Waals surface area contributed by atoms with Crippen molar-refractivity contribution in [2.75, 3.05) is 11.1 Å². The molecular weight excluding hydrogens is 376 g/mol. The summed E-state index contributed by atoms with van der Waals surface area (Å²) in [5.41, 5.74) is 0.788. The first kappa shape index (κ1) is 16.5. The SMILES string of the molecule is O=C(CSc1n[nH]c(CC2CCCC2)n1)Nc1ccc(Br)cc1. The molecule has 3 rings (SSSR count). The van der Waals surface area contributed by atoms with Gasteiger partial charge in [-0.2, -0.15) is 0 Å². The number of nitrogens with zero attached hydrogens (tertiary/aromatic N) is 2. The van der Waals surface area contributed by atoms with Gasteiger partial charge in [0.25, 0.3) is 0 Å². The van der Waals surface area contributed by atoms with E-state index < -0.39 is 0 Å². The third kappa shape index (κ3) is 5.07. The maximum absolute atomic E-state index is 11.9.